The lowest BCUT2D eigenvalue weighted by atomic mass is 9.95. The minimum absolute atomic E-state index is 0.263. The molecule has 156 valence electrons. The van der Waals surface area contributed by atoms with Crippen molar-refractivity contribution < 1.29 is 27.5 Å². The lowest BCUT2D eigenvalue weighted by Gasteiger charge is -2.31. The minimum atomic E-state index is -4.44. The van der Waals surface area contributed by atoms with Crippen LogP contribution in [0.5, 0.6) is 5.75 Å². The van der Waals surface area contributed by atoms with Crippen LogP contribution in [0.4, 0.5) is 13.2 Å². The maximum absolute atomic E-state index is 12.7. The van der Waals surface area contributed by atoms with Crippen molar-refractivity contribution in [1.82, 2.24) is 20.4 Å². The Balaban J connectivity index is 1.57. The largest absolute Gasteiger partial charge is 0.497 e. The van der Waals surface area contributed by atoms with Gasteiger partial charge in [0, 0.05) is 24.6 Å². The van der Waals surface area contributed by atoms with E-state index < -0.39 is 24.5 Å². The molecule has 0 radical (unpaired) electrons. The van der Waals surface area contributed by atoms with Crippen LogP contribution in [0, 0.1) is 5.92 Å². The van der Waals surface area contributed by atoms with Gasteiger partial charge in [0.2, 0.25) is 5.91 Å². The minimum Gasteiger partial charge on any atom is -0.497 e. The highest BCUT2D eigenvalue weighted by atomic mass is 19.4. The summed E-state index contributed by atoms with van der Waals surface area (Å²) in [6.45, 7) is -0.765. The Bertz CT molecular complexity index is 874. The first-order chi connectivity index (χ1) is 13.8. The smallest absolute Gasteiger partial charge is 0.405 e. The molecule has 2 aromatic rings. The van der Waals surface area contributed by atoms with Crippen LogP contribution in [0.15, 0.2) is 30.3 Å². The highest BCUT2D eigenvalue weighted by Crippen LogP contribution is 2.24. The second kappa shape index (κ2) is 8.54. The van der Waals surface area contributed by atoms with Crippen LogP contribution in [0.3, 0.4) is 0 Å². The Hall–Kier alpha value is -3.04. The molecule has 2 heterocycles. The van der Waals surface area contributed by atoms with Crippen LogP contribution < -0.4 is 10.1 Å². The van der Waals surface area contributed by atoms with Gasteiger partial charge in [-0.25, -0.2) is 0 Å². The molecule has 7 nitrogen and oxygen atoms in total. The maximum atomic E-state index is 12.7. The monoisotopic (exact) mass is 410 g/mol. The standard InChI is InChI=1S/C19H21F3N4O3/c1-29-14-4-2-3-13(9-14)15-10-16(25-24-15)18(28)26-7-5-12(6-8-26)17(27)23-11-19(20,21)22/h2-4,9-10,12H,5-8,11H2,1H3,(H,23,27)(H,24,25). The molecule has 0 bridgehead atoms. The summed E-state index contributed by atoms with van der Waals surface area (Å²) in [5.74, 6) is -0.753. The quantitative estimate of drug-likeness (QED) is 0.793. The molecule has 3 rings (SSSR count). The molecule has 1 aliphatic heterocycles. The van der Waals surface area contributed by atoms with Crippen molar-refractivity contribution >= 4 is 11.8 Å². The van der Waals surface area contributed by atoms with Gasteiger partial charge >= 0.3 is 6.18 Å². The van der Waals surface area contributed by atoms with E-state index in [1.165, 1.54) is 0 Å². The van der Waals surface area contributed by atoms with Crippen molar-refractivity contribution in [2.24, 2.45) is 5.92 Å². The second-order valence-corrected chi connectivity index (χ2v) is 6.80. The number of methoxy groups -OCH3 is 1. The van der Waals surface area contributed by atoms with Crippen molar-refractivity contribution in [1.29, 1.82) is 0 Å². The highest BCUT2D eigenvalue weighted by Gasteiger charge is 2.32. The first-order valence-corrected chi connectivity index (χ1v) is 9.10. The number of carbonyl (C=O) groups excluding carboxylic acids is 2. The molecule has 0 atom stereocenters. The number of hydrogen-bond donors (Lipinski definition) is 2. The van der Waals surface area contributed by atoms with E-state index in [9.17, 15) is 22.8 Å². The molecular weight excluding hydrogens is 389 g/mol. The van der Waals surface area contributed by atoms with E-state index in [0.717, 1.165) is 5.56 Å². The second-order valence-electron chi connectivity index (χ2n) is 6.80. The molecule has 1 aliphatic rings. The molecule has 10 heteroatoms. The lowest BCUT2D eigenvalue weighted by molar-refractivity contribution is -0.141. The average molecular weight is 410 g/mol. The van der Waals surface area contributed by atoms with E-state index in [1.54, 1.807) is 30.2 Å². The number of amides is 2. The molecule has 1 aromatic heterocycles. The number of benzene rings is 1. The Morgan fingerprint density at radius 3 is 2.66 bits per heavy atom. The van der Waals surface area contributed by atoms with Crippen LogP contribution in [0.25, 0.3) is 11.3 Å². The zero-order chi connectivity index (χ0) is 21.0. The SMILES string of the molecule is COc1cccc(-c2cc(C(=O)N3CCC(C(=O)NCC(F)(F)F)CC3)[nH]n2)c1. The summed E-state index contributed by atoms with van der Waals surface area (Å²) < 4.78 is 41.8. The summed E-state index contributed by atoms with van der Waals surface area (Å²) in [5.41, 5.74) is 1.69. The van der Waals surface area contributed by atoms with Gasteiger partial charge in [-0.15, -0.1) is 0 Å². The molecule has 0 spiro atoms. The van der Waals surface area contributed by atoms with Crippen molar-refractivity contribution in [3.63, 3.8) is 0 Å². The molecule has 1 saturated heterocycles. The molecule has 1 fully saturated rings. The number of H-pyrrole nitrogens is 1. The van der Waals surface area contributed by atoms with Gasteiger partial charge in [-0.05, 0) is 31.0 Å². The van der Waals surface area contributed by atoms with Crippen molar-refractivity contribution in [2.45, 2.75) is 19.0 Å². The van der Waals surface area contributed by atoms with Gasteiger partial charge in [-0.1, -0.05) is 12.1 Å². The maximum Gasteiger partial charge on any atom is 0.405 e. The molecule has 0 unspecified atom stereocenters. The number of piperidine rings is 1. The predicted octanol–water partition coefficient (Wildman–Crippen LogP) is 2.62. The van der Waals surface area contributed by atoms with Crippen LogP contribution in [-0.2, 0) is 4.79 Å². The molecule has 2 amide bonds. The van der Waals surface area contributed by atoms with E-state index in [1.807, 2.05) is 17.4 Å². The van der Waals surface area contributed by atoms with Crippen molar-refractivity contribution in [3.8, 4) is 17.0 Å². The molecule has 1 aromatic carbocycles. The summed E-state index contributed by atoms with van der Waals surface area (Å²) in [4.78, 5) is 26.1. The molecule has 29 heavy (non-hydrogen) atoms. The number of nitrogens with one attached hydrogen (secondary N) is 2. The van der Waals surface area contributed by atoms with Gasteiger partial charge in [-0.3, -0.25) is 14.7 Å². The van der Waals surface area contributed by atoms with E-state index in [-0.39, 0.29) is 19.0 Å². The summed E-state index contributed by atoms with van der Waals surface area (Å²) >= 11 is 0. The number of carbonyl (C=O) groups is 2. The zero-order valence-electron chi connectivity index (χ0n) is 15.8. The number of halogens is 3. The average Bonchev–Trinajstić information content (AvgIpc) is 3.21. The number of likely N-dealkylation sites (tertiary alicyclic amines) is 1. The van der Waals surface area contributed by atoms with Gasteiger partial charge < -0.3 is 15.0 Å². The molecule has 2 N–H and O–H groups in total. The summed E-state index contributed by atoms with van der Waals surface area (Å²) in [6.07, 6.45) is -3.81. The Morgan fingerprint density at radius 2 is 2.00 bits per heavy atom. The van der Waals surface area contributed by atoms with Crippen molar-refractivity contribution in [3.05, 3.63) is 36.0 Å². The predicted molar refractivity (Wildman–Crippen MR) is 98.3 cm³/mol. The number of hydrogen-bond acceptors (Lipinski definition) is 4. The zero-order valence-corrected chi connectivity index (χ0v) is 15.8. The van der Waals surface area contributed by atoms with Crippen LogP contribution in [0.2, 0.25) is 0 Å². The lowest BCUT2D eigenvalue weighted by Crippen LogP contribution is -2.44. The summed E-state index contributed by atoms with van der Waals surface area (Å²) in [6, 6.07) is 8.91. The summed E-state index contributed by atoms with van der Waals surface area (Å²) in [7, 11) is 1.56. The fraction of sp³-hybridized carbons (Fsp3) is 0.421. The Morgan fingerprint density at radius 1 is 1.28 bits per heavy atom. The van der Waals surface area contributed by atoms with Crippen LogP contribution >= 0.6 is 0 Å². The third-order valence-corrected chi connectivity index (χ3v) is 4.79. The third kappa shape index (κ3) is 5.27. The molecular formula is C19H21F3N4O3. The first kappa shape index (κ1) is 20.7. The van der Waals surface area contributed by atoms with Gasteiger partial charge in [0.1, 0.15) is 18.0 Å². The number of aromatic amines is 1. The number of alkyl halides is 3. The normalized spacial score (nSPS) is 15.2. The third-order valence-electron chi connectivity index (χ3n) is 4.79. The molecule has 0 saturated carbocycles. The van der Waals surface area contributed by atoms with Crippen molar-refractivity contribution in [2.75, 3.05) is 26.7 Å². The van der Waals surface area contributed by atoms with E-state index >= 15 is 0 Å². The fourth-order valence-corrected chi connectivity index (χ4v) is 3.21. The van der Waals surface area contributed by atoms with E-state index in [4.69, 9.17) is 4.74 Å². The van der Waals surface area contributed by atoms with Gasteiger partial charge in [-0.2, -0.15) is 18.3 Å². The van der Waals surface area contributed by atoms with E-state index in [0.29, 0.717) is 30.0 Å². The Labute approximate surface area is 165 Å². The number of aromatic nitrogens is 2. The Kier molecular flexibility index (Phi) is 6.09. The first-order valence-electron chi connectivity index (χ1n) is 9.10. The highest BCUT2D eigenvalue weighted by molar-refractivity contribution is 5.93. The summed E-state index contributed by atoms with van der Waals surface area (Å²) in [5, 5.41) is 8.80. The fourth-order valence-electron chi connectivity index (χ4n) is 3.21. The van der Waals surface area contributed by atoms with Crippen LogP contribution in [0.1, 0.15) is 23.3 Å². The van der Waals surface area contributed by atoms with Gasteiger partial charge in [0.05, 0.1) is 12.8 Å². The number of nitrogens with zero attached hydrogens (tertiary/aromatic N) is 2. The number of ether oxygens (including phenoxy) is 1. The van der Waals surface area contributed by atoms with Gasteiger partial charge in [0.25, 0.3) is 5.91 Å². The van der Waals surface area contributed by atoms with Gasteiger partial charge in [0.15, 0.2) is 0 Å². The number of rotatable bonds is 5. The topological polar surface area (TPSA) is 87.3 Å². The molecule has 0 aliphatic carbocycles. The van der Waals surface area contributed by atoms with E-state index in [2.05, 4.69) is 10.2 Å². The van der Waals surface area contributed by atoms with Crippen LogP contribution in [-0.4, -0.2) is 59.8 Å².